The maximum Gasteiger partial charge on any atom is 0.338 e. The van der Waals surface area contributed by atoms with Gasteiger partial charge in [-0.05, 0) is 55.8 Å². The number of rotatable bonds is 7. The number of urea groups is 2. The van der Waals surface area contributed by atoms with Crippen LogP contribution in [-0.2, 0) is 14.3 Å². The summed E-state index contributed by atoms with van der Waals surface area (Å²) in [5, 5.41) is 5.26. The number of carbonyl (C=O) groups is 4. The van der Waals surface area contributed by atoms with Crippen molar-refractivity contribution >= 4 is 29.6 Å². The lowest BCUT2D eigenvalue weighted by atomic mass is 9.95. The molecule has 0 radical (unpaired) electrons. The van der Waals surface area contributed by atoms with Crippen LogP contribution in [0.3, 0.4) is 0 Å². The average Bonchev–Trinajstić information content (AvgIpc) is 3.07. The van der Waals surface area contributed by atoms with E-state index in [0.717, 1.165) is 4.90 Å². The molecule has 0 aromatic heterocycles. The Morgan fingerprint density at radius 3 is 2.33 bits per heavy atom. The molecule has 2 aromatic rings. The summed E-state index contributed by atoms with van der Waals surface area (Å²) < 4.78 is 23.8. The minimum Gasteiger partial charge on any atom is -0.497 e. The van der Waals surface area contributed by atoms with Gasteiger partial charge in [-0.25, -0.2) is 18.8 Å². The van der Waals surface area contributed by atoms with Gasteiger partial charge in [-0.15, -0.1) is 0 Å². The number of nitrogens with zero attached hydrogens (tertiary/aromatic N) is 2. The molecule has 2 aromatic carbocycles. The van der Waals surface area contributed by atoms with Gasteiger partial charge >= 0.3 is 18.0 Å². The lowest BCUT2D eigenvalue weighted by Gasteiger charge is -2.30. The molecule has 0 aliphatic carbocycles. The second kappa shape index (κ2) is 10.1. The largest absolute Gasteiger partial charge is 0.497 e. The van der Waals surface area contributed by atoms with Crippen LogP contribution in [0.1, 0.15) is 25.5 Å². The first-order chi connectivity index (χ1) is 17.2. The lowest BCUT2D eigenvalue weighted by molar-refractivity contribution is -0.139. The van der Waals surface area contributed by atoms with Crippen molar-refractivity contribution < 1.29 is 33.0 Å². The van der Waals surface area contributed by atoms with E-state index < -0.39 is 41.8 Å². The van der Waals surface area contributed by atoms with Crippen LogP contribution in [0.25, 0.3) is 0 Å². The first-order valence-electron chi connectivity index (χ1n) is 11.3. The molecule has 2 heterocycles. The van der Waals surface area contributed by atoms with Crippen molar-refractivity contribution in [3.8, 4) is 5.75 Å². The molecule has 11 heteroatoms. The molecule has 2 N–H and O–H groups in total. The summed E-state index contributed by atoms with van der Waals surface area (Å²) in [4.78, 5) is 54.0. The summed E-state index contributed by atoms with van der Waals surface area (Å²) in [5.74, 6) is -1.13. The number of hydrogen-bond donors (Lipinski definition) is 2. The Hall–Kier alpha value is -4.41. The minimum atomic E-state index is -0.892. The van der Waals surface area contributed by atoms with Crippen LogP contribution >= 0.6 is 0 Å². The molecule has 36 heavy (non-hydrogen) atoms. The van der Waals surface area contributed by atoms with Gasteiger partial charge in [-0.3, -0.25) is 14.6 Å². The number of ether oxygens (including phenoxy) is 2. The standard InChI is InChI=1S/C25H25FN4O6/c1-4-36-23(32)20-19(27-24(33)28-21(20)15-5-11-18(35-3)12-6-15)13-29-22(31)14(2)30(25(29)34)17-9-7-16(26)8-10-17/h5-12,14,21H,4,13H2,1-3H3,(H2,27,28,33). The summed E-state index contributed by atoms with van der Waals surface area (Å²) in [6, 6.07) is 8.89. The molecule has 1 fully saturated rings. The van der Waals surface area contributed by atoms with Crippen molar-refractivity contribution in [1.82, 2.24) is 15.5 Å². The Morgan fingerprint density at radius 2 is 1.72 bits per heavy atom. The highest BCUT2D eigenvalue weighted by Gasteiger charge is 2.45. The van der Waals surface area contributed by atoms with Crippen molar-refractivity contribution in [3.05, 3.63) is 71.2 Å². The van der Waals surface area contributed by atoms with Crippen LogP contribution in [0.15, 0.2) is 59.8 Å². The van der Waals surface area contributed by atoms with E-state index in [4.69, 9.17) is 9.47 Å². The maximum absolute atomic E-state index is 13.4. The zero-order chi connectivity index (χ0) is 26.0. The molecule has 10 nitrogen and oxygen atoms in total. The molecule has 0 saturated carbocycles. The van der Waals surface area contributed by atoms with Crippen molar-refractivity contribution in [2.24, 2.45) is 0 Å². The van der Waals surface area contributed by atoms with E-state index in [1.54, 1.807) is 38.1 Å². The molecule has 2 aliphatic heterocycles. The van der Waals surface area contributed by atoms with E-state index in [2.05, 4.69) is 10.6 Å². The van der Waals surface area contributed by atoms with Crippen molar-refractivity contribution in [3.63, 3.8) is 0 Å². The van der Waals surface area contributed by atoms with Crippen LogP contribution in [0.4, 0.5) is 19.7 Å². The molecular formula is C25H25FN4O6. The van der Waals surface area contributed by atoms with Gasteiger partial charge in [0.25, 0.3) is 5.91 Å². The highest BCUT2D eigenvalue weighted by molar-refractivity contribution is 6.14. The molecule has 2 atom stereocenters. The van der Waals surface area contributed by atoms with E-state index >= 15 is 0 Å². The Labute approximate surface area is 206 Å². The Bertz CT molecular complexity index is 1230. The number of benzene rings is 2. The van der Waals surface area contributed by atoms with Crippen molar-refractivity contribution in [2.75, 3.05) is 25.2 Å². The molecule has 0 bridgehead atoms. The van der Waals surface area contributed by atoms with Crippen molar-refractivity contribution in [2.45, 2.75) is 25.9 Å². The number of hydrogen-bond acceptors (Lipinski definition) is 6. The van der Waals surface area contributed by atoms with Crippen molar-refractivity contribution in [1.29, 1.82) is 0 Å². The minimum absolute atomic E-state index is 0.0628. The van der Waals surface area contributed by atoms with Crippen LogP contribution in [0.5, 0.6) is 5.75 Å². The topological polar surface area (TPSA) is 117 Å². The molecule has 5 amide bonds. The summed E-state index contributed by atoms with van der Waals surface area (Å²) in [6.07, 6.45) is 0. The van der Waals surface area contributed by atoms with E-state index in [1.165, 1.54) is 36.3 Å². The third-order valence-corrected chi connectivity index (χ3v) is 5.97. The fourth-order valence-electron chi connectivity index (χ4n) is 4.20. The Morgan fingerprint density at radius 1 is 1.06 bits per heavy atom. The summed E-state index contributed by atoms with van der Waals surface area (Å²) in [6.45, 7) is 2.90. The molecule has 2 aliphatic rings. The zero-order valence-corrected chi connectivity index (χ0v) is 19.9. The molecule has 1 saturated heterocycles. The van der Waals surface area contributed by atoms with Gasteiger partial charge in [0.05, 0.1) is 37.6 Å². The van der Waals surface area contributed by atoms with E-state index in [1.807, 2.05) is 0 Å². The van der Waals surface area contributed by atoms with Crippen LogP contribution in [-0.4, -0.2) is 55.1 Å². The van der Waals surface area contributed by atoms with Crippen LogP contribution < -0.4 is 20.3 Å². The van der Waals surface area contributed by atoms with Gasteiger partial charge in [0.2, 0.25) is 0 Å². The molecule has 2 unspecified atom stereocenters. The van der Waals surface area contributed by atoms with Gasteiger partial charge in [0.15, 0.2) is 0 Å². The third-order valence-electron chi connectivity index (χ3n) is 5.97. The highest BCUT2D eigenvalue weighted by atomic mass is 19.1. The third kappa shape index (κ3) is 4.59. The zero-order valence-electron chi connectivity index (χ0n) is 19.9. The van der Waals surface area contributed by atoms with Crippen LogP contribution in [0, 0.1) is 5.82 Å². The predicted molar refractivity (Wildman–Crippen MR) is 127 cm³/mol. The lowest BCUT2D eigenvalue weighted by Crippen LogP contribution is -2.49. The molecule has 4 rings (SSSR count). The summed E-state index contributed by atoms with van der Waals surface area (Å²) >= 11 is 0. The number of anilines is 1. The van der Waals surface area contributed by atoms with Gasteiger partial charge in [-0.2, -0.15) is 0 Å². The fraction of sp³-hybridized carbons (Fsp3) is 0.280. The molecule has 188 valence electrons. The fourth-order valence-corrected chi connectivity index (χ4v) is 4.20. The second-order valence-electron chi connectivity index (χ2n) is 8.15. The number of halogens is 1. The van der Waals surface area contributed by atoms with E-state index in [-0.39, 0.29) is 24.4 Å². The maximum atomic E-state index is 13.4. The van der Waals surface area contributed by atoms with E-state index in [0.29, 0.717) is 17.0 Å². The first kappa shape index (κ1) is 24.7. The normalized spacial score (nSPS) is 19.8. The Kier molecular flexibility index (Phi) is 6.91. The van der Waals surface area contributed by atoms with Gasteiger partial charge in [0, 0.05) is 5.69 Å². The second-order valence-corrected chi connectivity index (χ2v) is 8.15. The summed E-state index contributed by atoms with van der Waals surface area (Å²) in [7, 11) is 1.52. The number of esters is 1. The first-order valence-corrected chi connectivity index (χ1v) is 11.3. The smallest absolute Gasteiger partial charge is 0.338 e. The number of nitrogens with one attached hydrogen (secondary N) is 2. The average molecular weight is 496 g/mol. The Balaban J connectivity index is 1.72. The van der Waals surface area contributed by atoms with Gasteiger partial charge in [0.1, 0.15) is 17.6 Å². The highest BCUT2D eigenvalue weighted by Crippen LogP contribution is 2.31. The van der Waals surface area contributed by atoms with Crippen LogP contribution in [0.2, 0.25) is 0 Å². The summed E-state index contributed by atoms with van der Waals surface area (Å²) in [5.41, 5.74) is 1.05. The van der Waals surface area contributed by atoms with E-state index in [9.17, 15) is 23.6 Å². The van der Waals surface area contributed by atoms with Gasteiger partial charge in [-0.1, -0.05) is 12.1 Å². The molecular weight excluding hydrogens is 471 g/mol. The van der Waals surface area contributed by atoms with Gasteiger partial charge < -0.3 is 20.1 Å². The SMILES string of the molecule is CCOC(=O)C1=C(CN2C(=O)C(C)N(c3ccc(F)cc3)C2=O)NC(=O)NC1c1ccc(OC)cc1. The monoisotopic (exact) mass is 496 g/mol. The number of imide groups is 1. The quantitative estimate of drug-likeness (QED) is 0.450. The number of amides is 5. The number of methoxy groups -OCH3 is 1. The number of carbonyl (C=O) groups excluding carboxylic acids is 4. The predicted octanol–water partition coefficient (Wildman–Crippen LogP) is 2.86. The molecule has 0 spiro atoms.